The first-order chi connectivity index (χ1) is 14.5. The van der Waals surface area contributed by atoms with Gasteiger partial charge in [0.25, 0.3) is 0 Å². The van der Waals surface area contributed by atoms with Crippen LogP contribution in [0.1, 0.15) is 12.0 Å². The van der Waals surface area contributed by atoms with Crippen molar-refractivity contribution in [2.45, 2.75) is 58.3 Å². The normalized spacial score (nSPS) is 16.2. The molecule has 1 radical (unpaired) electrons. The summed E-state index contributed by atoms with van der Waals surface area (Å²) in [7, 11) is -4.32. The molecule has 0 saturated heterocycles. The fourth-order valence-electron chi connectivity index (χ4n) is 5.43. The number of hydrogen-bond donors (Lipinski definition) is 0. The maximum absolute atomic E-state index is 6.20. The van der Waals surface area contributed by atoms with Gasteiger partial charge in [0.05, 0.1) is 16.1 Å². The maximum Gasteiger partial charge on any atom is 3.00 e. The van der Waals surface area contributed by atoms with Gasteiger partial charge in [-0.25, -0.2) is 0 Å². The largest absolute Gasteiger partial charge is 3.00 e. The second-order valence-electron chi connectivity index (χ2n) is 11.6. The molecule has 1 heterocycles. The number of benzene rings is 2. The average Bonchev–Trinajstić information content (AvgIpc) is 3.07. The number of fused-ring (bicyclic) bond motifs is 5. The Bertz CT molecular complexity index is 1280. The maximum atomic E-state index is 6.20. The summed E-state index contributed by atoms with van der Waals surface area (Å²) in [6.07, 6.45) is 6.20. The van der Waals surface area contributed by atoms with Crippen molar-refractivity contribution in [1.29, 1.82) is 0 Å². The minimum Gasteiger partial charge on any atom is -1.00 e. The third-order valence-electron chi connectivity index (χ3n) is 7.37. The number of allylic oxidation sites excluding steroid dienone is 4. The predicted octanol–water partition coefficient (Wildman–Crippen LogP) is 0.666. The van der Waals surface area contributed by atoms with Crippen LogP contribution < -0.4 is 35.2 Å². The van der Waals surface area contributed by atoms with E-state index in [0.717, 1.165) is 13.0 Å². The summed E-state index contributed by atoms with van der Waals surface area (Å²) in [5.41, 5.74) is 3.12. The van der Waals surface area contributed by atoms with Gasteiger partial charge >= 0.3 is 26.2 Å². The Kier molecular flexibility index (Phi) is 9.13. The first kappa shape index (κ1) is 30.1. The van der Waals surface area contributed by atoms with Gasteiger partial charge < -0.3 is 29.2 Å². The molecule has 0 fully saturated rings. The quantitative estimate of drug-likeness (QED) is 0.291. The SMILES string of the molecule is C[Si](C)(C)OCC[Si](C)(C)C1=CCC(c2cc3c([cH-]c4ccccc43)c3c2[Si]3(C)C)=C1.[Cl-].[Cl-].[Zr+3]. The molecule has 0 amide bonds. The zero-order valence-corrected chi connectivity index (χ0v) is 28.4. The zero-order valence-electron chi connectivity index (χ0n) is 21.4. The summed E-state index contributed by atoms with van der Waals surface area (Å²) in [5.74, 6) is 0. The molecule has 0 bridgehead atoms. The zero-order chi connectivity index (χ0) is 22.2. The molecule has 2 aliphatic rings. The molecule has 7 heteroatoms. The van der Waals surface area contributed by atoms with Crippen LogP contribution in [0.4, 0.5) is 0 Å². The molecule has 34 heavy (non-hydrogen) atoms. The van der Waals surface area contributed by atoms with Crippen LogP contribution in [-0.2, 0) is 30.6 Å². The van der Waals surface area contributed by atoms with E-state index in [1.54, 1.807) is 26.7 Å². The van der Waals surface area contributed by atoms with Crippen LogP contribution in [0.15, 0.2) is 53.7 Å². The monoisotopic (exact) mass is 619 g/mol. The number of rotatable bonds is 6. The molecule has 0 saturated carbocycles. The molecule has 0 spiro atoms. The standard InChI is InChI=1S/C27H35OSi3.2ClH.Zr/c1-29(2,3)28-14-15-30(4,5)21-13-12-20(16-21)23-18-24-22-11-9-8-10-19(22)17-25(24)27-26(23)31(27,6)7;;;/h8-11,13,16-18H,12,14-15H2,1-7H3;2*1H;/q-1;;;+3/p-2. The average molecular weight is 622 g/mol. The Morgan fingerprint density at radius 1 is 0.971 bits per heavy atom. The second-order valence-corrected chi connectivity index (χ2v) is 25.2. The van der Waals surface area contributed by atoms with E-state index in [9.17, 15) is 0 Å². The van der Waals surface area contributed by atoms with Gasteiger partial charge in [-0.05, 0) is 43.2 Å². The molecule has 0 unspecified atom stereocenters. The van der Waals surface area contributed by atoms with Crippen LogP contribution in [0.25, 0.3) is 27.1 Å². The topological polar surface area (TPSA) is 9.23 Å². The van der Waals surface area contributed by atoms with Gasteiger partial charge in [-0.2, -0.15) is 0 Å². The van der Waals surface area contributed by atoms with Crippen molar-refractivity contribution in [1.82, 2.24) is 0 Å². The first-order valence-electron chi connectivity index (χ1n) is 11.7. The van der Waals surface area contributed by atoms with Crippen LogP contribution in [0.2, 0.25) is 51.9 Å². The van der Waals surface area contributed by atoms with Crippen LogP contribution in [0, 0.1) is 0 Å². The van der Waals surface area contributed by atoms with E-state index >= 15 is 0 Å². The van der Waals surface area contributed by atoms with Crippen LogP contribution >= 0.6 is 0 Å². The van der Waals surface area contributed by atoms with Gasteiger partial charge in [-0.1, -0.05) is 73.0 Å². The molecule has 5 rings (SSSR count). The van der Waals surface area contributed by atoms with E-state index in [1.165, 1.54) is 27.6 Å². The molecule has 3 aromatic rings. The van der Waals surface area contributed by atoms with Gasteiger partial charge in [0.15, 0.2) is 8.32 Å². The smallest absolute Gasteiger partial charge is 1.00 e. The van der Waals surface area contributed by atoms with Crippen LogP contribution in [0.3, 0.4) is 0 Å². The second kappa shape index (κ2) is 10.3. The summed E-state index contributed by atoms with van der Waals surface area (Å²) in [6.45, 7) is 17.9. The third kappa shape index (κ3) is 5.27. The van der Waals surface area contributed by atoms with Crippen molar-refractivity contribution in [3.8, 4) is 0 Å². The van der Waals surface area contributed by atoms with E-state index < -0.39 is 24.5 Å². The van der Waals surface area contributed by atoms with Gasteiger partial charge in [-0.3, -0.25) is 0 Å². The van der Waals surface area contributed by atoms with E-state index in [1.807, 2.05) is 0 Å². The Hall–Kier alpha value is -0.136. The molecule has 0 N–H and O–H groups in total. The number of halogens is 2. The number of hydrogen-bond acceptors (Lipinski definition) is 1. The van der Waals surface area contributed by atoms with Crippen molar-refractivity contribution < 1.29 is 55.4 Å². The molecule has 179 valence electrons. The van der Waals surface area contributed by atoms with Crippen LogP contribution in [0.5, 0.6) is 0 Å². The molecular weight excluding hydrogens is 587 g/mol. The molecule has 0 aromatic heterocycles. The molecule has 1 aliphatic carbocycles. The first-order valence-corrected chi connectivity index (χ1v) is 21.3. The fraction of sp³-hybridized carbons (Fsp3) is 0.370. The minimum atomic E-state index is -1.47. The van der Waals surface area contributed by atoms with E-state index in [-0.39, 0.29) is 51.0 Å². The van der Waals surface area contributed by atoms with Gasteiger partial charge in [-0.15, -0.1) is 38.9 Å². The summed E-state index contributed by atoms with van der Waals surface area (Å²) >= 11 is 0. The van der Waals surface area contributed by atoms with Crippen molar-refractivity contribution in [3.05, 3.63) is 59.3 Å². The summed E-state index contributed by atoms with van der Waals surface area (Å²) in [6, 6.07) is 15.1. The van der Waals surface area contributed by atoms with E-state index in [2.05, 4.69) is 94.4 Å². The molecule has 3 aromatic carbocycles. The summed E-state index contributed by atoms with van der Waals surface area (Å²) < 4.78 is 6.20. The minimum absolute atomic E-state index is 0. The van der Waals surface area contributed by atoms with Crippen molar-refractivity contribution >= 4 is 62.0 Å². The van der Waals surface area contributed by atoms with Crippen molar-refractivity contribution in [3.63, 3.8) is 0 Å². The molecular formula is C27H35Cl2OSi3Zr. The fourth-order valence-corrected chi connectivity index (χ4v) is 12.2. The Morgan fingerprint density at radius 2 is 1.65 bits per heavy atom. The third-order valence-corrected chi connectivity index (χ3v) is 15.1. The van der Waals surface area contributed by atoms with E-state index in [4.69, 9.17) is 4.43 Å². The van der Waals surface area contributed by atoms with Crippen molar-refractivity contribution in [2.24, 2.45) is 0 Å². The molecule has 1 aliphatic heterocycles. The summed E-state index contributed by atoms with van der Waals surface area (Å²) in [4.78, 5) is 0. The van der Waals surface area contributed by atoms with Gasteiger partial charge in [0.1, 0.15) is 0 Å². The van der Waals surface area contributed by atoms with Crippen molar-refractivity contribution in [2.75, 3.05) is 6.61 Å². The van der Waals surface area contributed by atoms with Crippen LogP contribution in [-0.4, -0.2) is 31.1 Å². The Morgan fingerprint density at radius 3 is 2.32 bits per heavy atom. The summed E-state index contributed by atoms with van der Waals surface area (Å²) in [5, 5.41) is 10.9. The molecule has 0 atom stereocenters. The van der Waals surface area contributed by atoms with Gasteiger partial charge in [0.2, 0.25) is 0 Å². The van der Waals surface area contributed by atoms with E-state index in [0.29, 0.717) is 0 Å². The Balaban J connectivity index is 0.00000136. The molecule has 1 nitrogen and oxygen atoms in total. The van der Waals surface area contributed by atoms with Gasteiger partial charge in [0, 0.05) is 6.61 Å². The Labute approximate surface area is 239 Å². The predicted molar refractivity (Wildman–Crippen MR) is 146 cm³/mol.